The molecule has 2 N–H and O–H groups in total. The van der Waals surface area contributed by atoms with Crippen molar-refractivity contribution in [2.24, 2.45) is 11.8 Å². The van der Waals surface area contributed by atoms with Gasteiger partial charge in [0.1, 0.15) is 11.8 Å². The van der Waals surface area contributed by atoms with Crippen LogP contribution in [-0.2, 0) is 22.4 Å². The van der Waals surface area contributed by atoms with Crippen LogP contribution in [0.5, 0.6) is 0 Å². The Hall–Kier alpha value is -4.60. The number of thiophene rings is 1. The number of fused-ring (bicyclic) bond motifs is 3. The monoisotopic (exact) mass is 772 g/mol. The molecule has 280 valence electrons. The number of nitrogens with zero attached hydrogens (tertiary/aromatic N) is 8. The van der Waals surface area contributed by atoms with Crippen molar-refractivity contribution in [2.75, 3.05) is 56.7 Å². The van der Waals surface area contributed by atoms with Crippen LogP contribution in [0.4, 0.5) is 11.4 Å². The van der Waals surface area contributed by atoms with Crippen LogP contribution < -0.4 is 10.6 Å². The molecule has 5 aliphatic rings. The molecule has 5 aromatic rings. The van der Waals surface area contributed by atoms with E-state index in [4.69, 9.17) is 31.4 Å². The zero-order valence-electron chi connectivity index (χ0n) is 30.3. The smallest absolute Gasteiger partial charge is 0.110 e. The van der Waals surface area contributed by atoms with Gasteiger partial charge in [-0.2, -0.15) is 10.5 Å². The Labute approximate surface area is 328 Å². The molecule has 2 aromatic carbocycles. The Morgan fingerprint density at radius 3 is 2.51 bits per heavy atom. The summed E-state index contributed by atoms with van der Waals surface area (Å²) in [4.78, 5) is 11.2. The van der Waals surface area contributed by atoms with Crippen LogP contribution in [0.25, 0.3) is 10.9 Å². The normalized spacial score (nSPS) is 23.5. The van der Waals surface area contributed by atoms with E-state index in [1.807, 2.05) is 53.8 Å². The van der Waals surface area contributed by atoms with Crippen molar-refractivity contribution in [3.8, 4) is 12.1 Å². The van der Waals surface area contributed by atoms with Crippen LogP contribution in [0, 0.1) is 34.5 Å². The first-order valence-electron chi connectivity index (χ1n) is 19.2. The fourth-order valence-corrected chi connectivity index (χ4v) is 10.5. The predicted octanol–water partition coefficient (Wildman–Crippen LogP) is 6.33. The van der Waals surface area contributed by atoms with Gasteiger partial charge in [0, 0.05) is 66.6 Å². The van der Waals surface area contributed by atoms with Crippen molar-refractivity contribution in [1.82, 2.24) is 29.8 Å². The predicted molar refractivity (Wildman–Crippen MR) is 210 cm³/mol. The second-order valence-electron chi connectivity index (χ2n) is 15.5. The lowest BCUT2D eigenvalue weighted by Gasteiger charge is -2.39. The third kappa shape index (κ3) is 6.43. The van der Waals surface area contributed by atoms with Gasteiger partial charge in [-0.3, -0.25) is 14.8 Å². The number of aromatic nitrogens is 4. The van der Waals surface area contributed by atoms with Crippen LogP contribution in [0.1, 0.15) is 63.8 Å². The zero-order valence-corrected chi connectivity index (χ0v) is 31.8. The maximum Gasteiger partial charge on any atom is 0.110 e. The van der Waals surface area contributed by atoms with Crippen LogP contribution >= 0.6 is 22.9 Å². The van der Waals surface area contributed by atoms with Crippen molar-refractivity contribution >= 4 is 45.2 Å². The van der Waals surface area contributed by atoms with Crippen LogP contribution in [0.3, 0.4) is 0 Å². The quantitative estimate of drug-likeness (QED) is 0.147. The molecule has 7 heterocycles. The van der Waals surface area contributed by atoms with Gasteiger partial charge < -0.3 is 20.1 Å². The second kappa shape index (κ2) is 14.5. The maximum absolute atomic E-state index is 10.3. The molecule has 12 nitrogen and oxygen atoms in total. The number of hydrogen-bond acceptors (Lipinski definition) is 12. The van der Waals surface area contributed by atoms with E-state index in [0.29, 0.717) is 64.6 Å². The highest BCUT2D eigenvalue weighted by Gasteiger charge is 2.59. The number of nitrogens with one attached hydrogen (secondary N) is 2. The largest absolute Gasteiger partial charge is 0.378 e. The fourth-order valence-electron chi connectivity index (χ4n) is 9.03. The highest BCUT2D eigenvalue weighted by atomic mass is 35.5. The SMILES string of the molecule is N#CCCC(Nc1c(C#N)cnc2c(Cl)cc(N[C@H](c3cn([C@@H]4[C@@H]5CN(C6COC6)C[C@@H]54)nn3)c3csc4c3CCN(C3COC3)C4)cc12)c1ccccc1. The van der Waals surface area contributed by atoms with Crippen LogP contribution in [0.2, 0.25) is 5.02 Å². The standard InChI is InChI=1S/C41H41ClN10O2S/c42-34-12-26(11-30-38(25(13-44)14-45-39(30)34)47-35(7-4-9-43)24-5-2-1-3-6-24)46-40(33-23-55-37-18-50(10-8-29(33)37)27-19-53-20-27)36-17-52(49-48-36)41-31-15-51(16-32(31)41)28-21-54-22-28/h1-3,5-6,11-12,14,17,23,27-28,31-32,35,40-41,46H,4,7-8,10,15-16,18-22H2,(H,45,47)/t31-,32+,35?,40-,41-/m0/s1. The Morgan fingerprint density at radius 2 is 1.78 bits per heavy atom. The topological polar surface area (TPSA) is 140 Å². The molecule has 1 saturated carbocycles. The summed E-state index contributed by atoms with van der Waals surface area (Å²) < 4.78 is 13.1. The molecular weight excluding hydrogens is 732 g/mol. The van der Waals surface area contributed by atoms with E-state index in [-0.39, 0.29) is 12.1 Å². The number of pyridine rings is 1. The Morgan fingerprint density at radius 1 is 1.00 bits per heavy atom. The van der Waals surface area contributed by atoms with E-state index in [0.717, 1.165) is 81.4 Å². The van der Waals surface area contributed by atoms with Gasteiger partial charge in [0.2, 0.25) is 0 Å². The third-order valence-electron chi connectivity index (χ3n) is 12.3. The molecule has 3 aromatic heterocycles. The average Bonchev–Trinajstić information content (AvgIpc) is 3.58. The molecule has 0 bridgehead atoms. The van der Waals surface area contributed by atoms with Crippen molar-refractivity contribution in [2.45, 2.75) is 56.0 Å². The number of benzene rings is 2. The van der Waals surface area contributed by atoms with E-state index in [1.165, 1.54) is 16.0 Å². The Balaban J connectivity index is 0.998. The molecule has 5 atom stereocenters. The van der Waals surface area contributed by atoms with E-state index >= 15 is 0 Å². The minimum absolute atomic E-state index is 0.198. The van der Waals surface area contributed by atoms with E-state index in [1.54, 1.807) is 6.20 Å². The first-order chi connectivity index (χ1) is 27.1. The second-order valence-corrected chi connectivity index (χ2v) is 16.9. The van der Waals surface area contributed by atoms with E-state index in [9.17, 15) is 10.5 Å². The third-order valence-corrected chi connectivity index (χ3v) is 13.6. The average molecular weight is 773 g/mol. The van der Waals surface area contributed by atoms with Crippen LogP contribution in [-0.4, -0.2) is 87.9 Å². The van der Waals surface area contributed by atoms with Crippen LogP contribution in [0.15, 0.2) is 60.2 Å². The molecule has 14 heteroatoms. The van der Waals surface area contributed by atoms with Gasteiger partial charge in [-0.15, -0.1) is 16.4 Å². The Kier molecular flexibility index (Phi) is 9.18. The summed E-state index contributed by atoms with van der Waals surface area (Å²) in [7, 11) is 0. The molecule has 0 radical (unpaired) electrons. The molecule has 55 heavy (non-hydrogen) atoms. The fraction of sp³-hybridized carbons (Fsp3) is 0.439. The zero-order chi connectivity index (χ0) is 37.0. The number of halogens is 1. The number of nitriles is 2. The highest BCUT2D eigenvalue weighted by molar-refractivity contribution is 7.10. The van der Waals surface area contributed by atoms with Gasteiger partial charge in [0.15, 0.2) is 0 Å². The lowest BCUT2D eigenvalue weighted by atomic mass is 9.95. The highest BCUT2D eigenvalue weighted by Crippen LogP contribution is 2.55. The number of anilines is 2. The van der Waals surface area contributed by atoms with Gasteiger partial charge in [0.25, 0.3) is 0 Å². The number of hydrogen-bond donors (Lipinski definition) is 2. The van der Waals surface area contributed by atoms with Crippen molar-refractivity contribution in [1.29, 1.82) is 10.5 Å². The summed E-state index contributed by atoms with van der Waals surface area (Å²) in [5.74, 6) is 1.19. The van der Waals surface area contributed by atoms with E-state index in [2.05, 4.69) is 53.8 Å². The van der Waals surface area contributed by atoms with Crippen molar-refractivity contribution < 1.29 is 9.47 Å². The maximum atomic E-state index is 10.3. The lowest BCUT2D eigenvalue weighted by molar-refractivity contribution is -0.0691. The summed E-state index contributed by atoms with van der Waals surface area (Å²) in [6.07, 6.45) is 5.60. The van der Waals surface area contributed by atoms with Gasteiger partial charge in [-0.25, -0.2) is 4.68 Å². The summed E-state index contributed by atoms with van der Waals surface area (Å²) >= 11 is 8.86. The minimum Gasteiger partial charge on any atom is -0.378 e. The number of likely N-dealkylation sites (tertiary alicyclic amines) is 1. The van der Waals surface area contributed by atoms with E-state index < -0.39 is 0 Å². The first kappa shape index (κ1) is 34.9. The van der Waals surface area contributed by atoms with Gasteiger partial charge in [0.05, 0.1) is 90.7 Å². The van der Waals surface area contributed by atoms with Gasteiger partial charge in [-0.1, -0.05) is 47.1 Å². The molecule has 1 aliphatic carbocycles. The van der Waals surface area contributed by atoms with Gasteiger partial charge >= 0.3 is 0 Å². The van der Waals surface area contributed by atoms with Crippen molar-refractivity contribution in [3.63, 3.8) is 0 Å². The Bertz CT molecular complexity index is 2300. The molecular formula is C41H41ClN10O2S. The number of ether oxygens (including phenoxy) is 2. The first-order valence-corrected chi connectivity index (χ1v) is 20.4. The molecule has 0 amide bonds. The van der Waals surface area contributed by atoms with Gasteiger partial charge in [-0.05, 0) is 47.0 Å². The molecule has 0 spiro atoms. The molecule has 4 fully saturated rings. The number of piperidine rings is 1. The lowest BCUT2D eigenvalue weighted by Crippen LogP contribution is -2.50. The molecule has 3 saturated heterocycles. The minimum atomic E-state index is -0.278. The number of rotatable bonds is 12. The molecule has 4 aliphatic heterocycles. The van der Waals surface area contributed by atoms with Crippen molar-refractivity contribution in [3.05, 3.63) is 98.1 Å². The molecule has 10 rings (SSSR count). The summed E-state index contributed by atoms with van der Waals surface area (Å²) in [5, 5.41) is 40.3. The summed E-state index contributed by atoms with van der Waals surface area (Å²) in [6, 6.07) is 19.5. The summed E-state index contributed by atoms with van der Waals surface area (Å²) in [5.41, 5.74) is 6.92. The molecule has 1 unspecified atom stereocenters. The summed E-state index contributed by atoms with van der Waals surface area (Å²) in [6.45, 7) is 7.41.